The lowest BCUT2D eigenvalue weighted by molar-refractivity contribution is -0.147. The number of likely N-dealkylation sites (N-methyl/N-ethyl adjacent to an activating group) is 2. The minimum atomic E-state index is -1.14. The van der Waals surface area contributed by atoms with Gasteiger partial charge in [0.15, 0.2) is 6.04 Å². The lowest BCUT2D eigenvalue weighted by atomic mass is 10.1. The molecule has 0 aromatic carbocycles. The Kier molecular flexibility index (Phi) is 5.93. The molecule has 15 heavy (non-hydrogen) atoms. The quantitative estimate of drug-likeness (QED) is 0.621. The zero-order valence-corrected chi connectivity index (χ0v) is 9.78. The Labute approximate surface area is 90.5 Å². The van der Waals surface area contributed by atoms with Crippen molar-refractivity contribution in [2.45, 2.75) is 26.3 Å². The van der Waals surface area contributed by atoms with Crippen LogP contribution in [-0.4, -0.2) is 48.6 Å². The molecule has 1 atom stereocenters. The van der Waals surface area contributed by atoms with E-state index in [1.807, 2.05) is 0 Å². The average molecular weight is 216 g/mol. The minimum absolute atomic E-state index is 0.398. The molecule has 0 heterocycles. The number of carbonyl (C=O) groups excluding carboxylic acids is 1. The summed E-state index contributed by atoms with van der Waals surface area (Å²) in [5.41, 5.74) is 0. The number of aliphatic carboxylic acids is 1. The molecule has 0 aliphatic heterocycles. The first-order valence-electron chi connectivity index (χ1n) is 5.05. The third-order valence-electron chi connectivity index (χ3n) is 2.20. The van der Waals surface area contributed by atoms with Crippen LogP contribution < -0.4 is 5.32 Å². The molecule has 5 nitrogen and oxygen atoms in total. The Balaban J connectivity index is 4.23. The van der Waals surface area contributed by atoms with Gasteiger partial charge in [-0.2, -0.15) is 0 Å². The topological polar surface area (TPSA) is 69.6 Å². The highest BCUT2D eigenvalue weighted by molar-refractivity contribution is 6.00. The molecule has 0 fully saturated rings. The summed E-state index contributed by atoms with van der Waals surface area (Å²) in [6.45, 7) is 4.71. The number of rotatable bonds is 6. The maximum absolute atomic E-state index is 11.6. The van der Waals surface area contributed by atoms with Crippen molar-refractivity contribution < 1.29 is 14.7 Å². The number of hydrogen-bond acceptors (Lipinski definition) is 3. The standard InChI is InChI=1S/C10H20N2O3/c1-7(2)5-6-12(4)9(13)8(11-3)10(14)15/h7-8,11H,5-6H2,1-4H3,(H,14,15). The summed E-state index contributed by atoms with van der Waals surface area (Å²) in [7, 11) is 3.09. The fraction of sp³-hybridized carbons (Fsp3) is 0.800. The summed E-state index contributed by atoms with van der Waals surface area (Å²) in [6.07, 6.45) is 0.873. The second-order valence-corrected chi connectivity index (χ2v) is 4.00. The molecule has 0 bridgehead atoms. The highest BCUT2D eigenvalue weighted by Gasteiger charge is 2.26. The van der Waals surface area contributed by atoms with Crippen LogP contribution in [0.4, 0.5) is 0 Å². The molecule has 0 spiro atoms. The van der Waals surface area contributed by atoms with Crippen molar-refractivity contribution in [3.05, 3.63) is 0 Å². The van der Waals surface area contributed by atoms with E-state index in [9.17, 15) is 9.59 Å². The Hall–Kier alpha value is -1.10. The maximum Gasteiger partial charge on any atom is 0.330 e. The van der Waals surface area contributed by atoms with Crippen molar-refractivity contribution in [2.24, 2.45) is 5.92 Å². The summed E-state index contributed by atoms with van der Waals surface area (Å²) in [5.74, 6) is -1.04. The van der Waals surface area contributed by atoms with Crippen LogP contribution in [0.25, 0.3) is 0 Å². The second-order valence-electron chi connectivity index (χ2n) is 4.00. The van der Waals surface area contributed by atoms with E-state index in [1.54, 1.807) is 7.05 Å². The fourth-order valence-corrected chi connectivity index (χ4v) is 1.14. The summed E-state index contributed by atoms with van der Waals surface area (Å²) in [6, 6.07) is -1.14. The van der Waals surface area contributed by atoms with E-state index in [-0.39, 0.29) is 0 Å². The van der Waals surface area contributed by atoms with Gasteiger partial charge in [0, 0.05) is 13.6 Å². The molecule has 0 aliphatic rings. The third kappa shape index (κ3) is 4.78. The van der Waals surface area contributed by atoms with Crippen LogP contribution in [0.5, 0.6) is 0 Å². The van der Waals surface area contributed by atoms with E-state index >= 15 is 0 Å². The Morgan fingerprint density at radius 3 is 2.27 bits per heavy atom. The fourth-order valence-electron chi connectivity index (χ4n) is 1.14. The molecule has 0 aromatic rings. The molecule has 5 heteroatoms. The zero-order valence-electron chi connectivity index (χ0n) is 9.78. The molecule has 0 aliphatic carbocycles. The lowest BCUT2D eigenvalue weighted by Gasteiger charge is -2.21. The van der Waals surface area contributed by atoms with Crippen molar-refractivity contribution in [2.75, 3.05) is 20.6 Å². The number of hydrogen-bond donors (Lipinski definition) is 2. The van der Waals surface area contributed by atoms with Gasteiger partial charge in [-0.1, -0.05) is 13.8 Å². The van der Waals surface area contributed by atoms with Crippen molar-refractivity contribution in [1.82, 2.24) is 10.2 Å². The van der Waals surface area contributed by atoms with Gasteiger partial charge in [-0.15, -0.1) is 0 Å². The largest absolute Gasteiger partial charge is 0.480 e. The first-order valence-corrected chi connectivity index (χ1v) is 5.05. The zero-order chi connectivity index (χ0) is 12.0. The number of nitrogens with zero attached hydrogens (tertiary/aromatic N) is 1. The monoisotopic (exact) mass is 216 g/mol. The summed E-state index contributed by atoms with van der Waals surface area (Å²) in [4.78, 5) is 23.8. The summed E-state index contributed by atoms with van der Waals surface area (Å²) < 4.78 is 0. The van der Waals surface area contributed by atoms with Gasteiger partial charge in [0.25, 0.3) is 5.91 Å². The van der Waals surface area contributed by atoms with Gasteiger partial charge in [-0.05, 0) is 19.4 Å². The summed E-state index contributed by atoms with van der Waals surface area (Å²) >= 11 is 0. The third-order valence-corrected chi connectivity index (χ3v) is 2.20. The SMILES string of the molecule is CNC(C(=O)O)C(=O)N(C)CCC(C)C. The van der Waals surface area contributed by atoms with Crippen LogP contribution in [0.3, 0.4) is 0 Å². The average Bonchev–Trinajstić information content (AvgIpc) is 2.14. The Morgan fingerprint density at radius 2 is 1.93 bits per heavy atom. The molecule has 0 saturated heterocycles. The van der Waals surface area contributed by atoms with E-state index in [4.69, 9.17) is 5.11 Å². The van der Waals surface area contributed by atoms with Crippen LogP contribution in [0.2, 0.25) is 0 Å². The normalized spacial score (nSPS) is 12.6. The Morgan fingerprint density at radius 1 is 1.40 bits per heavy atom. The molecular formula is C10H20N2O3. The molecule has 0 rings (SSSR count). The molecule has 2 N–H and O–H groups in total. The number of carbonyl (C=O) groups is 2. The number of carboxylic acids is 1. The van der Waals surface area contributed by atoms with Gasteiger partial charge in [-0.3, -0.25) is 10.1 Å². The molecule has 0 radical (unpaired) electrons. The summed E-state index contributed by atoms with van der Waals surface area (Å²) in [5, 5.41) is 11.2. The van der Waals surface area contributed by atoms with Crippen molar-refractivity contribution in [1.29, 1.82) is 0 Å². The first kappa shape index (κ1) is 13.9. The van der Waals surface area contributed by atoms with Gasteiger partial charge in [0.1, 0.15) is 0 Å². The second kappa shape index (κ2) is 6.40. The number of amides is 1. The predicted octanol–water partition coefficient (Wildman–Crippen LogP) is 0.164. The van der Waals surface area contributed by atoms with Crippen molar-refractivity contribution in [3.63, 3.8) is 0 Å². The van der Waals surface area contributed by atoms with E-state index in [2.05, 4.69) is 19.2 Å². The van der Waals surface area contributed by atoms with E-state index in [1.165, 1.54) is 11.9 Å². The van der Waals surface area contributed by atoms with Crippen LogP contribution in [0.15, 0.2) is 0 Å². The first-order chi connectivity index (χ1) is 6.90. The van der Waals surface area contributed by atoms with Gasteiger partial charge in [0.05, 0.1) is 0 Å². The van der Waals surface area contributed by atoms with Crippen molar-refractivity contribution in [3.8, 4) is 0 Å². The number of nitrogens with one attached hydrogen (secondary N) is 1. The molecular weight excluding hydrogens is 196 g/mol. The smallest absolute Gasteiger partial charge is 0.330 e. The van der Waals surface area contributed by atoms with Crippen LogP contribution in [-0.2, 0) is 9.59 Å². The number of carboxylic acid groups (broad SMARTS) is 1. The van der Waals surface area contributed by atoms with E-state index in [0.717, 1.165) is 6.42 Å². The molecule has 1 unspecified atom stereocenters. The minimum Gasteiger partial charge on any atom is -0.480 e. The van der Waals surface area contributed by atoms with Gasteiger partial charge in [0.2, 0.25) is 0 Å². The molecule has 88 valence electrons. The van der Waals surface area contributed by atoms with Gasteiger partial charge < -0.3 is 10.0 Å². The van der Waals surface area contributed by atoms with Gasteiger partial charge in [-0.25, -0.2) is 4.79 Å². The highest BCUT2D eigenvalue weighted by Crippen LogP contribution is 2.02. The van der Waals surface area contributed by atoms with Gasteiger partial charge >= 0.3 is 5.97 Å². The van der Waals surface area contributed by atoms with Crippen LogP contribution in [0, 0.1) is 5.92 Å². The maximum atomic E-state index is 11.6. The Bertz CT molecular complexity index is 229. The predicted molar refractivity (Wildman–Crippen MR) is 57.6 cm³/mol. The van der Waals surface area contributed by atoms with Crippen molar-refractivity contribution >= 4 is 11.9 Å². The molecule has 1 amide bonds. The van der Waals surface area contributed by atoms with E-state index < -0.39 is 17.9 Å². The van der Waals surface area contributed by atoms with E-state index in [0.29, 0.717) is 12.5 Å². The molecule has 0 aromatic heterocycles. The lowest BCUT2D eigenvalue weighted by Crippen LogP contribution is -2.48. The highest BCUT2D eigenvalue weighted by atomic mass is 16.4. The van der Waals surface area contributed by atoms with Crippen LogP contribution in [0.1, 0.15) is 20.3 Å². The van der Waals surface area contributed by atoms with Crippen LogP contribution >= 0.6 is 0 Å². The molecule has 0 saturated carbocycles.